The zero-order valence-electron chi connectivity index (χ0n) is 12.2. The van der Waals surface area contributed by atoms with Gasteiger partial charge in [-0.25, -0.2) is 19.9 Å². The van der Waals surface area contributed by atoms with Crippen molar-refractivity contribution in [1.29, 1.82) is 0 Å². The highest BCUT2D eigenvalue weighted by Gasteiger charge is 2.09. The second-order valence-corrected chi connectivity index (χ2v) is 6.56. The summed E-state index contributed by atoms with van der Waals surface area (Å²) in [6, 6.07) is 0. The van der Waals surface area contributed by atoms with Gasteiger partial charge in [-0.2, -0.15) is 0 Å². The van der Waals surface area contributed by atoms with Crippen LogP contribution in [0.4, 0.5) is 0 Å². The van der Waals surface area contributed by atoms with Crippen LogP contribution in [0.15, 0.2) is 35.1 Å². The number of hydrogen-bond donors (Lipinski definition) is 1. The van der Waals surface area contributed by atoms with Gasteiger partial charge in [-0.15, -0.1) is 0 Å². The lowest BCUT2D eigenvalue weighted by atomic mass is 10.1. The van der Waals surface area contributed by atoms with Crippen LogP contribution in [-0.4, -0.2) is 25.5 Å². The average molecular weight is 289 g/mol. The molecule has 106 valence electrons. The fourth-order valence-corrected chi connectivity index (χ4v) is 1.95. The zero-order chi connectivity index (χ0) is 14.6. The lowest BCUT2D eigenvalue weighted by Crippen LogP contribution is -2.35. The molecule has 0 aliphatic rings. The predicted octanol–water partition coefficient (Wildman–Crippen LogP) is 2.61. The molecule has 0 bridgehead atoms. The molecule has 0 spiro atoms. The van der Waals surface area contributed by atoms with E-state index in [0.717, 1.165) is 17.7 Å². The van der Waals surface area contributed by atoms with E-state index in [9.17, 15) is 0 Å². The predicted molar refractivity (Wildman–Crippen MR) is 79.5 cm³/mol. The van der Waals surface area contributed by atoms with Crippen LogP contribution >= 0.6 is 11.8 Å². The molecule has 0 amide bonds. The molecule has 6 heteroatoms. The van der Waals surface area contributed by atoms with Crippen LogP contribution in [0, 0.1) is 6.92 Å². The number of aryl methyl sites for hydroxylation is 1. The minimum absolute atomic E-state index is 0.0865. The highest BCUT2D eigenvalue weighted by Crippen LogP contribution is 2.19. The number of nitrogens with one attached hydrogen (secondary N) is 1. The Morgan fingerprint density at radius 3 is 1.95 bits per heavy atom. The van der Waals surface area contributed by atoms with E-state index in [-0.39, 0.29) is 5.54 Å². The number of hydrogen-bond acceptors (Lipinski definition) is 6. The van der Waals surface area contributed by atoms with E-state index in [1.165, 1.54) is 11.8 Å². The molecule has 2 heterocycles. The molecule has 2 rings (SSSR count). The molecule has 2 aromatic rings. The van der Waals surface area contributed by atoms with Crippen molar-refractivity contribution in [1.82, 2.24) is 25.3 Å². The summed E-state index contributed by atoms with van der Waals surface area (Å²) in [5.74, 6) is 0. The molecule has 0 aromatic carbocycles. The van der Waals surface area contributed by atoms with Crippen LogP contribution in [0.1, 0.15) is 31.9 Å². The third kappa shape index (κ3) is 4.86. The molecule has 0 radical (unpaired) electrons. The Morgan fingerprint density at radius 2 is 1.45 bits per heavy atom. The van der Waals surface area contributed by atoms with Gasteiger partial charge in [0.2, 0.25) is 0 Å². The van der Waals surface area contributed by atoms with Crippen LogP contribution in [0.2, 0.25) is 0 Å². The molecular weight excluding hydrogens is 270 g/mol. The molecule has 0 aliphatic carbocycles. The lowest BCUT2D eigenvalue weighted by Gasteiger charge is -2.20. The van der Waals surface area contributed by atoms with E-state index in [1.54, 1.807) is 12.4 Å². The highest BCUT2D eigenvalue weighted by molar-refractivity contribution is 7.99. The van der Waals surface area contributed by atoms with Crippen molar-refractivity contribution in [3.8, 4) is 0 Å². The molecule has 0 aliphatic heterocycles. The summed E-state index contributed by atoms with van der Waals surface area (Å²) < 4.78 is 0. The number of aromatic nitrogens is 4. The Morgan fingerprint density at radius 1 is 0.950 bits per heavy atom. The van der Waals surface area contributed by atoms with E-state index < -0.39 is 0 Å². The number of nitrogens with zero attached hydrogens (tertiary/aromatic N) is 4. The molecular formula is C14H19N5S. The molecule has 0 fully saturated rings. The minimum Gasteiger partial charge on any atom is -0.308 e. The van der Waals surface area contributed by atoms with Gasteiger partial charge in [0.25, 0.3) is 0 Å². The molecule has 0 unspecified atom stereocenters. The van der Waals surface area contributed by atoms with Crippen LogP contribution in [0.25, 0.3) is 0 Å². The second-order valence-electron chi connectivity index (χ2n) is 5.62. The zero-order valence-corrected chi connectivity index (χ0v) is 13.0. The van der Waals surface area contributed by atoms with E-state index in [4.69, 9.17) is 0 Å². The number of rotatable bonds is 4. The highest BCUT2D eigenvalue weighted by atomic mass is 32.2. The maximum atomic E-state index is 4.33. The molecule has 20 heavy (non-hydrogen) atoms. The topological polar surface area (TPSA) is 63.6 Å². The van der Waals surface area contributed by atoms with Gasteiger partial charge in [0.15, 0.2) is 10.3 Å². The Kier molecular flexibility index (Phi) is 4.67. The molecule has 5 nitrogen and oxygen atoms in total. The lowest BCUT2D eigenvalue weighted by molar-refractivity contribution is 0.423. The normalized spacial score (nSPS) is 11.6. The Hall–Kier alpha value is -1.53. The molecule has 0 saturated heterocycles. The second kappa shape index (κ2) is 6.28. The largest absolute Gasteiger partial charge is 0.308 e. The van der Waals surface area contributed by atoms with Crippen molar-refractivity contribution in [2.24, 2.45) is 0 Å². The van der Waals surface area contributed by atoms with Crippen LogP contribution in [-0.2, 0) is 6.54 Å². The Bertz CT molecular complexity index is 545. The molecule has 1 N–H and O–H groups in total. The van der Waals surface area contributed by atoms with Crippen molar-refractivity contribution < 1.29 is 0 Å². The van der Waals surface area contributed by atoms with Crippen LogP contribution in [0.3, 0.4) is 0 Å². The monoisotopic (exact) mass is 289 g/mol. The van der Waals surface area contributed by atoms with Gasteiger partial charge in [0, 0.05) is 42.4 Å². The fourth-order valence-electron chi connectivity index (χ4n) is 1.37. The van der Waals surface area contributed by atoms with Crippen molar-refractivity contribution >= 4 is 11.8 Å². The Labute approximate surface area is 123 Å². The standard InChI is InChI=1S/C14H19N5S/c1-10-5-15-12(16-6-10)20-13-17-7-11(8-18-13)9-19-14(2,3)4/h5-8,19H,9H2,1-4H3. The van der Waals surface area contributed by atoms with Crippen molar-refractivity contribution in [2.45, 2.75) is 50.1 Å². The van der Waals surface area contributed by atoms with Crippen molar-refractivity contribution in [2.75, 3.05) is 0 Å². The summed E-state index contributed by atoms with van der Waals surface area (Å²) in [5, 5.41) is 4.73. The van der Waals surface area contributed by atoms with Crippen molar-refractivity contribution in [3.63, 3.8) is 0 Å². The van der Waals surface area contributed by atoms with Gasteiger partial charge >= 0.3 is 0 Å². The summed E-state index contributed by atoms with van der Waals surface area (Å²) in [4.78, 5) is 17.1. The maximum absolute atomic E-state index is 4.33. The van der Waals surface area contributed by atoms with E-state index in [1.807, 2.05) is 19.3 Å². The third-order valence-electron chi connectivity index (χ3n) is 2.44. The van der Waals surface area contributed by atoms with Gasteiger partial charge in [0.05, 0.1) is 0 Å². The van der Waals surface area contributed by atoms with Crippen LogP contribution in [0.5, 0.6) is 0 Å². The quantitative estimate of drug-likeness (QED) is 0.873. The van der Waals surface area contributed by atoms with Crippen molar-refractivity contribution in [3.05, 3.63) is 35.9 Å². The van der Waals surface area contributed by atoms with E-state index in [2.05, 4.69) is 46.0 Å². The van der Waals surface area contributed by atoms with Gasteiger partial charge in [-0.05, 0) is 45.0 Å². The van der Waals surface area contributed by atoms with Gasteiger partial charge in [0.1, 0.15) is 0 Å². The maximum Gasteiger partial charge on any atom is 0.195 e. The van der Waals surface area contributed by atoms with Gasteiger partial charge < -0.3 is 5.32 Å². The SMILES string of the molecule is Cc1cnc(Sc2ncc(CNC(C)(C)C)cn2)nc1. The minimum atomic E-state index is 0.0865. The first kappa shape index (κ1) is 14.9. The summed E-state index contributed by atoms with van der Waals surface area (Å²) >= 11 is 1.36. The Balaban J connectivity index is 1.96. The first-order valence-corrected chi connectivity index (χ1v) is 7.26. The summed E-state index contributed by atoms with van der Waals surface area (Å²) in [6.07, 6.45) is 7.25. The van der Waals surface area contributed by atoms with E-state index in [0.29, 0.717) is 10.3 Å². The van der Waals surface area contributed by atoms with Gasteiger partial charge in [-0.3, -0.25) is 0 Å². The van der Waals surface area contributed by atoms with Crippen LogP contribution < -0.4 is 5.32 Å². The fraction of sp³-hybridized carbons (Fsp3) is 0.429. The molecule has 2 aromatic heterocycles. The smallest absolute Gasteiger partial charge is 0.195 e. The summed E-state index contributed by atoms with van der Waals surface area (Å²) in [7, 11) is 0. The van der Waals surface area contributed by atoms with E-state index >= 15 is 0 Å². The average Bonchev–Trinajstić information content (AvgIpc) is 2.40. The first-order chi connectivity index (χ1) is 9.42. The first-order valence-electron chi connectivity index (χ1n) is 6.45. The summed E-state index contributed by atoms with van der Waals surface area (Å²) in [5.41, 5.74) is 2.19. The third-order valence-corrected chi connectivity index (χ3v) is 3.23. The van der Waals surface area contributed by atoms with Gasteiger partial charge in [-0.1, -0.05) is 0 Å². The molecule has 0 saturated carbocycles. The molecule has 0 atom stereocenters. The summed E-state index contributed by atoms with van der Waals surface area (Å²) in [6.45, 7) is 9.11.